The highest BCUT2D eigenvalue weighted by Gasteiger charge is 2.19. The highest BCUT2D eigenvalue weighted by molar-refractivity contribution is 7.17. The zero-order valence-corrected chi connectivity index (χ0v) is 15.5. The Labute approximate surface area is 153 Å². The normalized spacial score (nSPS) is 10.6. The second-order valence-electron chi connectivity index (χ2n) is 5.71. The summed E-state index contributed by atoms with van der Waals surface area (Å²) in [6.45, 7) is 3.57. The fourth-order valence-corrected chi connectivity index (χ4v) is 3.19. The van der Waals surface area contributed by atoms with Crippen LogP contribution < -0.4 is 5.32 Å². The van der Waals surface area contributed by atoms with E-state index < -0.39 is 5.91 Å². The molecule has 26 heavy (non-hydrogen) atoms. The first-order valence-electron chi connectivity index (χ1n) is 7.71. The molecule has 0 unspecified atom stereocenters. The minimum atomic E-state index is -0.441. The Morgan fingerprint density at radius 1 is 1.19 bits per heavy atom. The summed E-state index contributed by atoms with van der Waals surface area (Å²) in [7, 11) is 3.33. The summed E-state index contributed by atoms with van der Waals surface area (Å²) in [5, 5.41) is 11.0. The standard InChI is InChI=1S/C16H17N7O2S/c1-9-13(15(25)22(3)4)26-16(18-9)19-14(24)11-5-6-12(21-20-11)23-8-7-17-10(23)2/h5-8H,1-4H3,(H,18,19,24). The molecule has 3 aromatic heterocycles. The first kappa shape index (κ1) is 17.7. The number of hydrogen-bond acceptors (Lipinski definition) is 7. The smallest absolute Gasteiger partial charge is 0.277 e. The lowest BCUT2D eigenvalue weighted by Gasteiger charge is -2.07. The number of amides is 2. The Bertz CT molecular complexity index is 959. The van der Waals surface area contributed by atoms with Gasteiger partial charge in [-0.05, 0) is 26.0 Å². The molecule has 3 heterocycles. The lowest BCUT2D eigenvalue weighted by molar-refractivity contribution is 0.0831. The predicted octanol–water partition coefficient (Wildman–Crippen LogP) is 1.69. The zero-order valence-electron chi connectivity index (χ0n) is 14.7. The second-order valence-corrected chi connectivity index (χ2v) is 6.71. The maximum atomic E-state index is 12.3. The summed E-state index contributed by atoms with van der Waals surface area (Å²) in [4.78, 5) is 34.7. The van der Waals surface area contributed by atoms with E-state index in [0.717, 1.165) is 17.2 Å². The zero-order chi connectivity index (χ0) is 18.8. The Balaban J connectivity index is 1.75. The molecule has 2 amide bonds. The van der Waals surface area contributed by atoms with Crippen molar-refractivity contribution in [3.63, 3.8) is 0 Å². The first-order chi connectivity index (χ1) is 12.4. The van der Waals surface area contributed by atoms with E-state index in [4.69, 9.17) is 0 Å². The summed E-state index contributed by atoms with van der Waals surface area (Å²) < 4.78 is 1.76. The first-order valence-corrected chi connectivity index (χ1v) is 8.53. The summed E-state index contributed by atoms with van der Waals surface area (Å²) in [6, 6.07) is 3.26. The number of hydrogen-bond donors (Lipinski definition) is 1. The molecule has 0 aliphatic rings. The molecule has 10 heteroatoms. The van der Waals surface area contributed by atoms with Crippen LogP contribution in [0, 0.1) is 13.8 Å². The van der Waals surface area contributed by atoms with Crippen LogP contribution in [0.2, 0.25) is 0 Å². The fourth-order valence-electron chi connectivity index (χ4n) is 2.21. The van der Waals surface area contributed by atoms with Crippen molar-refractivity contribution >= 4 is 28.3 Å². The van der Waals surface area contributed by atoms with E-state index in [-0.39, 0.29) is 11.6 Å². The molecule has 3 aromatic rings. The molecular formula is C16H17N7O2S. The molecule has 0 spiro atoms. The third kappa shape index (κ3) is 3.45. The van der Waals surface area contributed by atoms with E-state index in [1.165, 1.54) is 4.90 Å². The molecule has 0 fully saturated rings. The third-order valence-corrected chi connectivity index (χ3v) is 4.63. The minimum Gasteiger partial charge on any atom is -0.344 e. The topological polar surface area (TPSA) is 106 Å². The number of thiazole rings is 1. The van der Waals surface area contributed by atoms with Crippen LogP contribution in [0.5, 0.6) is 0 Å². The number of rotatable bonds is 4. The van der Waals surface area contributed by atoms with Crippen LogP contribution in [0.15, 0.2) is 24.5 Å². The van der Waals surface area contributed by atoms with Crippen LogP contribution in [0.4, 0.5) is 5.13 Å². The van der Waals surface area contributed by atoms with Crippen LogP contribution in [-0.4, -0.2) is 55.5 Å². The Morgan fingerprint density at radius 2 is 1.96 bits per heavy atom. The Morgan fingerprint density at radius 3 is 2.54 bits per heavy atom. The van der Waals surface area contributed by atoms with Gasteiger partial charge in [0.25, 0.3) is 11.8 Å². The molecule has 0 atom stereocenters. The molecule has 0 saturated heterocycles. The molecule has 0 bridgehead atoms. The molecule has 134 valence electrons. The van der Waals surface area contributed by atoms with E-state index in [0.29, 0.717) is 21.5 Å². The van der Waals surface area contributed by atoms with Gasteiger partial charge in [0.2, 0.25) is 0 Å². The van der Waals surface area contributed by atoms with Crippen molar-refractivity contribution in [2.45, 2.75) is 13.8 Å². The van der Waals surface area contributed by atoms with Crippen LogP contribution in [-0.2, 0) is 0 Å². The number of aryl methyl sites for hydroxylation is 2. The molecule has 3 rings (SSSR count). The number of nitrogens with one attached hydrogen (secondary N) is 1. The van der Waals surface area contributed by atoms with E-state index >= 15 is 0 Å². The molecule has 0 aromatic carbocycles. The fraction of sp³-hybridized carbons (Fsp3) is 0.250. The van der Waals surface area contributed by atoms with Crippen LogP contribution in [0.25, 0.3) is 5.82 Å². The van der Waals surface area contributed by atoms with Crippen molar-refractivity contribution in [1.82, 2.24) is 29.6 Å². The van der Waals surface area contributed by atoms with Gasteiger partial charge in [0.05, 0.1) is 5.69 Å². The van der Waals surface area contributed by atoms with E-state index in [9.17, 15) is 9.59 Å². The monoisotopic (exact) mass is 371 g/mol. The SMILES string of the molecule is Cc1nc(NC(=O)c2ccc(-n3ccnc3C)nn2)sc1C(=O)N(C)C. The highest BCUT2D eigenvalue weighted by atomic mass is 32.1. The van der Waals surface area contributed by atoms with E-state index in [2.05, 4.69) is 25.5 Å². The minimum absolute atomic E-state index is 0.152. The third-order valence-electron chi connectivity index (χ3n) is 3.57. The number of anilines is 1. The average Bonchev–Trinajstić information content (AvgIpc) is 3.19. The maximum Gasteiger partial charge on any atom is 0.277 e. The molecule has 0 saturated carbocycles. The summed E-state index contributed by atoms with van der Waals surface area (Å²) in [5.74, 6) is 0.748. The second kappa shape index (κ2) is 7.00. The van der Waals surface area contributed by atoms with Gasteiger partial charge in [-0.25, -0.2) is 9.97 Å². The molecule has 0 radical (unpaired) electrons. The Kier molecular flexibility index (Phi) is 4.76. The van der Waals surface area contributed by atoms with Crippen molar-refractivity contribution in [3.8, 4) is 5.82 Å². The van der Waals surface area contributed by atoms with E-state index in [1.54, 1.807) is 50.1 Å². The maximum absolute atomic E-state index is 12.3. The van der Waals surface area contributed by atoms with Crippen molar-refractivity contribution in [1.29, 1.82) is 0 Å². The van der Waals surface area contributed by atoms with Gasteiger partial charge in [-0.3, -0.25) is 19.5 Å². The predicted molar refractivity (Wildman–Crippen MR) is 96.7 cm³/mol. The van der Waals surface area contributed by atoms with Crippen molar-refractivity contribution in [2.75, 3.05) is 19.4 Å². The molecule has 9 nitrogen and oxygen atoms in total. The number of nitrogens with zero attached hydrogens (tertiary/aromatic N) is 6. The lowest BCUT2D eigenvalue weighted by Crippen LogP contribution is -2.21. The summed E-state index contributed by atoms with van der Waals surface area (Å²) >= 11 is 1.13. The molecule has 1 N–H and O–H groups in total. The van der Waals surface area contributed by atoms with E-state index in [1.807, 2.05) is 6.92 Å². The van der Waals surface area contributed by atoms with Gasteiger partial charge in [0, 0.05) is 26.5 Å². The average molecular weight is 371 g/mol. The highest BCUT2D eigenvalue weighted by Crippen LogP contribution is 2.24. The van der Waals surface area contributed by atoms with Gasteiger partial charge in [0.15, 0.2) is 16.6 Å². The van der Waals surface area contributed by atoms with Gasteiger partial charge in [-0.2, -0.15) is 0 Å². The van der Waals surface area contributed by atoms with Crippen LogP contribution in [0.3, 0.4) is 0 Å². The molecular weight excluding hydrogens is 354 g/mol. The van der Waals surface area contributed by atoms with Gasteiger partial charge >= 0.3 is 0 Å². The summed E-state index contributed by atoms with van der Waals surface area (Å²) in [6.07, 6.45) is 3.43. The number of carbonyl (C=O) groups is 2. The van der Waals surface area contributed by atoms with Crippen LogP contribution in [0.1, 0.15) is 31.7 Å². The molecule has 0 aliphatic carbocycles. The van der Waals surface area contributed by atoms with Gasteiger partial charge in [-0.15, -0.1) is 10.2 Å². The number of imidazole rings is 1. The number of aromatic nitrogens is 5. The van der Waals surface area contributed by atoms with Gasteiger partial charge < -0.3 is 4.90 Å². The van der Waals surface area contributed by atoms with Crippen molar-refractivity contribution in [3.05, 3.63) is 46.6 Å². The Hall–Kier alpha value is -3.14. The number of carbonyl (C=O) groups excluding carboxylic acids is 2. The van der Waals surface area contributed by atoms with Crippen LogP contribution >= 0.6 is 11.3 Å². The van der Waals surface area contributed by atoms with Gasteiger partial charge in [-0.1, -0.05) is 11.3 Å². The van der Waals surface area contributed by atoms with Crippen molar-refractivity contribution in [2.24, 2.45) is 0 Å². The lowest BCUT2D eigenvalue weighted by atomic mass is 10.3. The van der Waals surface area contributed by atoms with Crippen molar-refractivity contribution < 1.29 is 9.59 Å². The van der Waals surface area contributed by atoms with Gasteiger partial charge in [0.1, 0.15) is 10.7 Å². The summed E-state index contributed by atoms with van der Waals surface area (Å²) in [5.41, 5.74) is 0.723. The quantitative estimate of drug-likeness (QED) is 0.748. The molecule has 0 aliphatic heterocycles. The largest absolute Gasteiger partial charge is 0.344 e.